The molecule has 0 saturated heterocycles. The van der Waals surface area contributed by atoms with Crippen LogP contribution in [-0.2, 0) is 17.7 Å². The fourth-order valence-electron chi connectivity index (χ4n) is 1.84. The third kappa shape index (κ3) is 3.79. The van der Waals surface area contributed by atoms with Gasteiger partial charge < -0.3 is 10.5 Å². The lowest BCUT2D eigenvalue weighted by atomic mass is 9.93. The second-order valence-electron chi connectivity index (χ2n) is 4.74. The summed E-state index contributed by atoms with van der Waals surface area (Å²) in [6, 6.07) is 0. The standard InChI is InChI=1S/C12H22BrN3O/c1-5-16-10(11(13)9(2)15-16)8-12(3,14)6-7-17-4/h5-8,14H2,1-4H3. The van der Waals surface area contributed by atoms with Gasteiger partial charge in [-0.2, -0.15) is 5.10 Å². The van der Waals surface area contributed by atoms with Crippen LogP contribution in [0.3, 0.4) is 0 Å². The predicted octanol–water partition coefficient (Wildman–Crippen LogP) is 2.27. The van der Waals surface area contributed by atoms with Gasteiger partial charge in [0.05, 0.1) is 15.9 Å². The Morgan fingerprint density at radius 2 is 2.18 bits per heavy atom. The topological polar surface area (TPSA) is 53.1 Å². The Morgan fingerprint density at radius 3 is 2.71 bits per heavy atom. The van der Waals surface area contributed by atoms with Gasteiger partial charge in [0.1, 0.15) is 0 Å². The van der Waals surface area contributed by atoms with Crippen LogP contribution in [0.15, 0.2) is 4.47 Å². The maximum absolute atomic E-state index is 6.29. The summed E-state index contributed by atoms with van der Waals surface area (Å²) in [7, 11) is 1.70. The number of hydrogen-bond donors (Lipinski definition) is 1. The number of halogens is 1. The maximum Gasteiger partial charge on any atom is 0.0738 e. The smallest absolute Gasteiger partial charge is 0.0738 e. The lowest BCUT2D eigenvalue weighted by Gasteiger charge is -2.24. The quantitative estimate of drug-likeness (QED) is 0.877. The molecule has 0 aromatic carbocycles. The first kappa shape index (κ1) is 14.7. The Labute approximate surface area is 112 Å². The Balaban J connectivity index is 2.86. The zero-order chi connectivity index (χ0) is 13.1. The van der Waals surface area contributed by atoms with Crippen molar-refractivity contribution < 1.29 is 4.74 Å². The van der Waals surface area contributed by atoms with E-state index in [1.54, 1.807) is 7.11 Å². The van der Waals surface area contributed by atoms with E-state index in [0.29, 0.717) is 6.61 Å². The van der Waals surface area contributed by atoms with E-state index in [0.717, 1.165) is 29.6 Å². The van der Waals surface area contributed by atoms with Gasteiger partial charge in [0.25, 0.3) is 0 Å². The average Bonchev–Trinajstić information content (AvgIpc) is 2.54. The third-order valence-corrected chi connectivity index (χ3v) is 3.93. The molecule has 0 aliphatic carbocycles. The Kier molecular flexibility index (Phi) is 5.16. The molecule has 4 nitrogen and oxygen atoms in total. The van der Waals surface area contributed by atoms with Gasteiger partial charge >= 0.3 is 0 Å². The van der Waals surface area contributed by atoms with Crippen molar-refractivity contribution in [2.45, 2.75) is 45.7 Å². The molecule has 5 heteroatoms. The SMILES string of the molecule is CCn1nc(C)c(Br)c1CC(C)(N)CCOC. The Morgan fingerprint density at radius 1 is 1.53 bits per heavy atom. The van der Waals surface area contributed by atoms with Crippen molar-refractivity contribution in [2.75, 3.05) is 13.7 Å². The van der Waals surface area contributed by atoms with E-state index in [2.05, 4.69) is 34.9 Å². The minimum atomic E-state index is -0.266. The van der Waals surface area contributed by atoms with Gasteiger partial charge in [-0.3, -0.25) is 4.68 Å². The molecule has 0 aliphatic rings. The van der Waals surface area contributed by atoms with Crippen molar-refractivity contribution in [3.63, 3.8) is 0 Å². The summed E-state index contributed by atoms with van der Waals surface area (Å²) in [5.74, 6) is 0. The summed E-state index contributed by atoms with van der Waals surface area (Å²) in [4.78, 5) is 0. The molecular formula is C12H22BrN3O. The van der Waals surface area contributed by atoms with Crippen molar-refractivity contribution in [3.05, 3.63) is 15.9 Å². The van der Waals surface area contributed by atoms with Gasteiger partial charge in [-0.1, -0.05) is 0 Å². The lowest BCUT2D eigenvalue weighted by molar-refractivity contribution is 0.171. The second kappa shape index (κ2) is 5.98. The Bertz CT molecular complexity index is 374. The minimum Gasteiger partial charge on any atom is -0.385 e. The number of nitrogens with zero attached hydrogens (tertiary/aromatic N) is 2. The highest BCUT2D eigenvalue weighted by molar-refractivity contribution is 9.10. The van der Waals surface area contributed by atoms with Crippen LogP contribution in [-0.4, -0.2) is 29.0 Å². The average molecular weight is 304 g/mol. The molecule has 98 valence electrons. The van der Waals surface area contributed by atoms with E-state index in [9.17, 15) is 0 Å². The molecule has 0 saturated carbocycles. The fraction of sp³-hybridized carbons (Fsp3) is 0.750. The first-order valence-corrected chi connectivity index (χ1v) is 6.70. The molecule has 1 unspecified atom stereocenters. The highest BCUT2D eigenvalue weighted by atomic mass is 79.9. The maximum atomic E-state index is 6.29. The number of methoxy groups -OCH3 is 1. The molecular weight excluding hydrogens is 282 g/mol. The van der Waals surface area contributed by atoms with Crippen molar-refractivity contribution in [2.24, 2.45) is 5.73 Å². The van der Waals surface area contributed by atoms with Crippen LogP contribution in [0.2, 0.25) is 0 Å². The highest BCUT2D eigenvalue weighted by Crippen LogP contribution is 2.25. The number of nitrogens with two attached hydrogens (primary N) is 1. The monoisotopic (exact) mass is 303 g/mol. The lowest BCUT2D eigenvalue weighted by Crippen LogP contribution is -2.40. The summed E-state index contributed by atoms with van der Waals surface area (Å²) in [6.45, 7) is 7.70. The van der Waals surface area contributed by atoms with Crippen LogP contribution in [0.25, 0.3) is 0 Å². The molecule has 0 spiro atoms. The van der Waals surface area contributed by atoms with Crippen molar-refractivity contribution in [3.8, 4) is 0 Å². The van der Waals surface area contributed by atoms with E-state index in [4.69, 9.17) is 10.5 Å². The van der Waals surface area contributed by atoms with Gasteiger partial charge in [-0.15, -0.1) is 0 Å². The van der Waals surface area contributed by atoms with E-state index < -0.39 is 0 Å². The Hall–Kier alpha value is -0.390. The van der Waals surface area contributed by atoms with E-state index in [1.165, 1.54) is 5.69 Å². The number of rotatable bonds is 6. The van der Waals surface area contributed by atoms with E-state index in [1.807, 2.05) is 11.6 Å². The number of ether oxygens (including phenoxy) is 1. The van der Waals surface area contributed by atoms with Crippen LogP contribution in [0.1, 0.15) is 31.7 Å². The molecule has 0 amide bonds. The van der Waals surface area contributed by atoms with Gasteiger partial charge in [0.2, 0.25) is 0 Å². The summed E-state index contributed by atoms with van der Waals surface area (Å²) >= 11 is 3.59. The molecule has 1 aromatic rings. The van der Waals surface area contributed by atoms with Crippen LogP contribution in [0.5, 0.6) is 0 Å². The summed E-state index contributed by atoms with van der Waals surface area (Å²) < 4.78 is 8.18. The zero-order valence-corrected chi connectivity index (χ0v) is 12.7. The molecule has 0 radical (unpaired) electrons. The molecule has 2 N–H and O–H groups in total. The molecule has 1 aromatic heterocycles. The van der Waals surface area contributed by atoms with Crippen LogP contribution in [0, 0.1) is 6.92 Å². The largest absolute Gasteiger partial charge is 0.385 e. The number of aromatic nitrogens is 2. The molecule has 0 bridgehead atoms. The van der Waals surface area contributed by atoms with Gasteiger partial charge in [0, 0.05) is 32.2 Å². The first-order valence-electron chi connectivity index (χ1n) is 5.91. The van der Waals surface area contributed by atoms with E-state index >= 15 is 0 Å². The fourth-order valence-corrected chi connectivity index (χ4v) is 2.27. The van der Waals surface area contributed by atoms with E-state index in [-0.39, 0.29) is 5.54 Å². The van der Waals surface area contributed by atoms with Crippen LogP contribution < -0.4 is 5.73 Å². The number of hydrogen-bond acceptors (Lipinski definition) is 3. The zero-order valence-electron chi connectivity index (χ0n) is 11.1. The highest BCUT2D eigenvalue weighted by Gasteiger charge is 2.23. The van der Waals surface area contributed by atoms with Gasteiger partial charge in [0.15, 0.2) is 0 Å². The normalized spacial score (nSPS) is 14.9. The van der Waals surface area contributed by atoms with Crippen molar-refractivity contribution in [1.29, 1.82) is 0 Å². The molecule has 0 fully saturated rings. The van der Waals surface area contributed by atoms with Gasteiger partial charge in [-0.25, -0.2) is 0 Å². The first-order chi connectivity index (χ1) is 7.91. The van der Waals surface area contributed by atoms with Crippen molar-refractivity contribution >= 4 is 15.9 Å². The summed E-state index contributed by atoms with van der Waals surface area (Å²) in [6.07, 6.45) is 1.63. The predicted molar refractivity (Wildman–Crippen MR) is 73.1 cm³/mol. The minimum absolute atomic E-state index is 0.266. The molecule has 1 atom stereocenters. The molecule has 1 rings (SSSR count). The summed E-state index contributed by atoms with van der Waals surface area (Å²) in [5.41, 5.74) is 8.22. The second-order valence-corrected chi connectivity index (χ2v) is 5.53. The molecule has 17 heavy (non-hydrogen) atoms. The molecule has 1 heterocycles. The van der Waals surface area contributed by atoms with Crippen LogP contribution >= 0.6 is 15.9 Å². The van der Waals surface area contributed by atoms with Crippen molar-refractivity contribution in [1.82, 2.24) is 9.78 Å². The van der Waals surface area contributed by atoms with Gasteiger partial charge in [-0.05, 0) is 43.1 Å². The third-order valence-electron chi connectivity index (χ3n) is 2.90. The van der Waals surface area contributed by atoms with Crippen LogP contribution in [0.4, 0.5) is 0 Å². The molecule has 0 aliphatic heterocycles. The summed E-state index contributed by atoms with van der Waals surface area (Å²) in [5, 5.41) is 4.48. The number of aryl methyl sites for hydroxylation is 2.